The number of hydrogen-bond acceptors (Lipinski definition) is 3. The van der Waals surface area contributed by atoms with E-state index >= 15 is 0 Å². The molecule has 63 heavy (non-hydrogen) atoms. The lowest BCUT2D eigenvalue weighted by Crippen LogP contribution is -2.04. The van der Waals surface area contributed by atoms with E-state index in [-0.39, 0.29) is 0 Å². The van der Waals surface area contributed by atoms with Crippen LogP contribution < -0.4 is 0 Å². The Hall–Kier alpha value is -7.69. The Labute approximate surface area is 367 Å². The fraction of sp³-hybridized carbons (Fsp3) is 0.102. The Kier molecular flexibility index (Phi) is 9.22. The lowest BCUT2D eigenvalue weighted by atomic mass is 9.83. The summed E-state index contributed by atoms with van der Waals surface area (Å²) in [5.41, 5.74) is 12.5. The Morgan fingerprint density at radius 1 is 0.365 bits per heavy atom. The van der Waals surface area contributed by atoms with E-state index in [0.717, 1.165) is 27.9 Å². The van der Waals surface area contributed by atoms with Crippen LogP contribution in [0, 0.1) is 0 Å². The topological polar surface area (TPSA) is 43.6 Å². The van der Waals surface area contributed by atoms with Gasteiger partial charge in [-0.15, -0.1) is 0 Å². The maximum Gasteiger partial charge on any atom is 0.164 e. The molecule has 1 fully saturated rings. The van der Waals surface area contributed by atoms with E-state index in [4.69, 9.17) is 15.0 Å². The van der Waals surface area contributed by atoms with Gasteiger partial charge in [-0.2, -0.15) is 0 Å². The van der Waals surface area contributed by atoms with Crippen molar-refractivity contribution in [2.75, 3.05) is 0 Å². The zero-order chi connectivity index (χ0) is 41.7. The average Bonchev–Trinajstić information content (AvgIpc) is 3.71. The van der Waals surface area contributed by atoms with Crippen LogP contribution in [-0.4, -0.2) is 19.5 Å². The molecule has 1 aliphatic carbocycles. The summed E-state index contributed by atoms with van der Waals surface area (Å²) in [6.07, 6.45) is 6.66. The molecule has 9 aromatic carbocycles. The second-order valence-corrected chi connectivity index (χ2v) is 17.0. The van der Waals surface area contributed by atoms with Gasteiger partial charge in [0.15, 0.2) is 17.5 Å². The van der Waals surface area contributed by atoms with Gasteiger partial charge in [0.05, 0.1) is 11.0 Å². The van der Waals surface area contributed by atoms with Crippen LogP contribution in [0.5, 0.6) is 0 Å². The predicted molar refractivity (Wildman–Crippen MR) is 262 cm³/mol. The molecular formula is C59H44N4. The van der Waals surface area contributed by atoms with E-state index in [1.807, 2.05) is 18.2 Å². The van der Waals surface area contributed by atoms with Gasteiger partial charge in [0, 0.05) is 33.2 Å². The number of para-hydroxylation sites is 1. The first-order valence-corrected chi connectivity index (χ1v) is 22.3. The van der Waals surface area contributed by atoms with Crippen molar-refractivity contribution < 1.29 is 0 Å². The SMILES string of the molecule is c1ccc(-c2nc(-c3ccc(-n4c5ccccc5c5c6ccccc6ccc54)cc3)nc(-c3cccc(-c4cccc5cccc(-c6ccc(C7CCCCC7)cc6)c45)c3)n2)cc1. The van der Waals surface area contributed by atoms with Crippen molar-refractivity contribution in [2.24, 2.45) is 0 Å². The fourth-order valence-electron chi connectivity index (χ4n) is 10.1. The Morgan fingerprint density at radius 3 is 1.70 bits per heavy atom. The second-order valence-electron chi connectivity index (χ2n) is 17.0. The third kappa shape index (κ3) is 6.67. The number of hydrogen-bond donors (Lipinski definition) is 0. The molecule has 0 aliphatic heterocycles. The van der Waals surface area contributed by atoms with Crippen molar-refractivity contribution in [3.63, 3.8) is 0 Å². The molecule has 0 saturated heterocycles. The van der Waals surface area contributed by atoms with Crippen molar-refractivity contribution in [1.82, 2.24) is 19.5 Å². The molecular weight excluding hydrogens is 765 g/mol. The molecule has 0 amide bonds. The monoisotopic (exact) mass is 808 g/mol. The van der Waals surface area contributed by atoms with E-state index in [9.17, 15) is 0 Å². The summed E-state index contributed by atoms with van der Waals surface area (Å²) < 4.78 is 2.37. The van der Waals surface area contributed by atoms with Crippen LogP contribution in [0.4, 0.5) is 0 Å². The Bertz CT molecular complexity index is 3460. The zero-order valence-corrected chi connectivity index (χ0v) is 35.0. The molecule has 0 atom stereocenters. The van der Waals surface area contributed by atoms with Gasteiger partial charge in [-0.1, -0.05) is 177 Å². The molecule has 2 heterocycles. The smallest absolute Gasteiger partial charge is 0.164 e. The van der Waals surface area contributed by atoms with Gasteiger partial charge in [0.25, 0.3) is 0 Å². The number of fused-ring (bicyclic) bond motifs is 6. The summed E-state index contributed by atoms with van der Waals surface area (Å²) in [4.78, 5) is 15.4. The zero-order valence-electron chi connectivity index (χ0n) is 35.0. The first-order valence-electron chi connectivity index (χ1n) is 22.3. The van der Waals surface area contributed by atoms with Crippen LogP contribution in [0.15, 0.2) is 200 Å². The highest BCUT2D eigenvalue weighted by atomic mass is 15.0. The highest BCUT2D eigenvalue weighted by molar-refractivity contribution is 6.21. The molecule has 0 bridgehead atoms. The molecule has 0 spiro atoms. The van der Waals surface area contributed by atoms with Crippen molar-refractivity contribution in [3.8, 4) is 62.1 Å². The van der Waals surface area contributed by atoms with E-state index in [2.05, 4.69) is 187 Å². The molecule has 0 unspecified atom stereocenters. The van der Waals surface area contributed by atoms with Crippen molar-refractivity contribution in [2.45, 2.75) is 38.0 Å². The van der Waals surface area contributed by atoms with E-state index in [1.54, 1.807) is 0 Å². The summed E-state index contributed by atoms with van der Waals surface area (Å²) in [5, 5.41) is 7.49. The number of rotatable bonds is 7. The van der Waals surface area contributed by atoms with Gasteiger partial charge in [-0.25, -0.2) is 15.0 Å². The van der Waals surface area contributed by atoms with Gasteiger partial charge in [0.1, 0.15) is 0 Å². The summed E-state index contributed by atoms with van der Waals surface area (Å²) in [5.74, 6) is 2.60. The van der Waals surface area contributed by atoms with Gasteiger partial charge < -0.3 is 4.57 Å². The molecule has 0 N–H and O–H groups in total. The molecule has 300 valence electrons. The molecule has 12 rings (SSSR count). The van der Waals surface area contributed by atoms with Gasteiger partial charge >= 0.3 is 0 Å². The minimum Gasteiger partial charge on any atom is -0.309 e. The first kappa shape index (κ1) is 37.1. The van der Waals surface area contributed by atoms with Crippen LogP contribution >= 0.6 is 0 Å². The minimum absolute atomic E-state index is 0.633. The summed E-state index contributed by atoms with van der Waals surface area (Å²) in [6, 6.07) is 72.1. The van der Waals surface area contributed by atoms with Crippen LogP contribution in [0.1, 0.15) is 43.6 Å². The van der Waals surface area contributed by atoms with Crippen molar-refractivity contribution >= 4 is 43.4 Å². The van der Waals surface area contributed by atoms with E-state index in [0.29, 0.717) is 23.4 Å². The van der Waals surface area contributed by atoms with E-state index in [1.165, 1.54) is 97.7 Å². The largest absolute Gasteiger partial charge is 0.309 e. The summed E-state index contributed by atoms with van der Waals surface area (Å²) in [7, 11) is 0. The average molecular weight is 809 g/mol. The molecule has 1 saturated carbocycles. The standard InChI is InChI=1S/C59H44N4/c1-3-14-39(15-4-1)40-28-30-42(31-29-40)49-25-12-19-43-20-13-26-51(55(43)49)46-21-11-22-47(38-46)59-61-57(44-17-5-2-6-18-44)60-58(62-59)45-32-35-48(36-33-45)63-53-27-10-9-24-52(53)56-50-23-8-7-16-41(50)34-37-54(56)63/h2,5-13,16-39H,1,3-4,14-15H2. The molecule has 4 nitrogen and oxygen atoms in total. The molecule has 1 aliphatic rings. The maximum atomic E-state index is 5.21. The first-order chi connectivity index (χ1) is 31.2. The fourth-order valence-corrected chi connectivity index (χ4v) is 10.1. The highest BCUT2D eigenvalue weighted by Crippen LogP contribution is 2.41. The maximum absolute atomic E-state index is 5.21. The second kappa shape index (κ2) is 15.6. The summed E-state index contributed by atoms with van der Waals surface area (Å²) >= 11 is 0. The lowest BCUT2D eigenvalue weighted by molar-refractivity contribution is 0.443. The van der Waals surface area contributed by atoms with E-state index < -0.39 is 0 Å². The lowest BCUT2D eigenvalue weighted by Gasteiger charge is -2.22. The van der Waals surface area contributed by atoms with Crippen molar-refractivity contribution in [1.29, 1.82) is 0 Å². The Balaban J connectivity index is 0.945. The molecule has 4 heteroatoms. The molecule has 0 radical (unpaired) electrons. The molecule has 11 aromatic rings. The minimum atomic E-state index is 0.633. The van der Waals surface area contributed by atoms with Crippen LogP contribution in [0.25, 0.3) is 105 Å². The van der Waals surface area contributed by atoms with Crippen molar-refractivity contribution in [3.05, 3.63) is 206 Å². The third-order valence-corrected chi connectivity index (χ3v) is 13.2. The van der Waals surface area contributed by atoms with Gasteiger partial charge in [-0.05, 0) is 111 Å². The third-order valence-electron chi connectivity index (χ3n) is 13.2. The van der Waals surface area contributed by atoms with Gasteiger partial charge in [0.2, 0.25) is 0 Å². The molecule has 2 aromatic heterocycles. The predicted octanol–water partition coefficient (Wildman–Crippen LogP) is 15.7. The van der Waals surface area contributed by atoms with Crippen LogP contribution in [0.3, 0.4) is 0 Å². The highest BCUT2D eigenvalue weighted by Gasteiger charge is 2.19. The van der Waals surface area contributed by atoms with Gasteiger partial charge in [-0.3, -0.25) is 0 Å². The number of nitrogens with zero attached hydrogens (tertiary/aromatic N) is 4. The van der Waals surface area contributed by atoms with Crippen LogP contribution in [-0.2, 0) is 0 Å². The number of benzene rings is 9. The quantitative estimate of drug-likeness (QED) is 0.161. The van der Waals surface area contributed by atoms with Crippen LogP contribution in [0.2, 0.25) is 0 Å². The number of aromatic nitrogens is 4. The Morgan fingerprint density at radius 2 is 0.937 bits per heavy atom. The summed E-state index contributed by atoms with van der Waals surface area (Å²) in [6.45, 7) is 0. The normalized spacial score (nSPS) is 13.3.